The second-order valence-electron chi connectivity index (χ2n) is 12.4. The van der Waals surface area contributed by atoms with Crippen molar-refractivity contribution in [2.24, 2.45) is 17.8 Å². The summed E-state index contributed by atoms with van der Waals surface area (Å²) < 4.78 is -0.678. The molecule has 0 saturated carbocycles. The molecule has 9 heteroatoms. The van der Waals surface area contributed by atoms with Crippen LogP contribution in [-0.2, 0) is 14.4 Å². The molecule has 3 aliphatic rings. The van der Waals surface area contributed by atoms with Crippen LogP contribution in [-0.4, -0.2) is 94.5 Å². The molecule has 3 aliphatic heterocycles. The van der Waals surface area contributed by atoms with E-state index >= 15 is 0 Å². The van der Waals surface area contributed by atoms with E-state index in [0.29, 0.717) is 39.0 Å². The Bertz CT molecular complexity index is 1190. The van der Waals surface area contributed by atoms with Gasteiger partial charge in [-0.15, -0.1) is 24.9 Å². The summed E-state index contributed by atoms with van der Waals surface area (Å²) in [5.41, 5.74) is 1.87. The second-order valence-corrected chi connectivity index (χ2v) is 13.9. The Morgan fingerprint density at radius 2 is 1.68 bits per heavy atom. The van der Waals surface area contributed by atoms with Gasteiger partial charge in [-0.1, -0.05) is 26.0 Å². The molecule has 8 nitrogen and oxygen atoms in total. The van der Waals surface area contributed by atoms with Crippen LogP contribution in [0, 0.1) is 17.8 Å². The van der Waals surface area contributed by atoms with Gasteiger partial charge in [-0.05, 0) is 76.1 Å². The van der Waals surface area contributed by atoms with Gasteiger partial charge >= 0.3 is 0 Å². The van der Waals surface area contributed by atoms with Crippen LogP contribution in [0.3, 0.4) is 0 Å². The highest BCUT2D eigenvalue weighted by molar-refractivity contribution is 8.02. The molecule has 242 valence electrons. The number of likely N-dealkylation sites (tertiary alicyclic amines) is 1. The molecule has 3 fully saturated rings. The number of thioether (sulfide) groups is 1. The van der Waals surface area contributed by atoms with Gasteiger partial charge in [-0.25, -0.2) is 0 Å². The monoisotopic (exact) mass is 624 g/mol. The number of amides is 3. The summed E-state index contributed by atoms with van der Waals surface area (Å²) in [6.07, 6.45) is 7.23. The van der Waals surface area contributed by atoms with E-state index in [1.165, 1.54) is 0 Å². The Kier molecular flexibility index (Phi) is 11.6. The number of carbonyl (C=O) groups is 3. The van der Waals surface area contributed by atoms with Crippen LogP contribution in [0.15, 0.2) is 49.6 Å². The van der Waals surface area contributed by atoms with Crippen LogP contribution in [0.4, 0.5) is 11.4 Å². The minimum absolute atomic E-state index is 0.00340. The number of hydrogen-bond acceptors (Lipinski definition) is 6. The summed E-state index contributed by atoms with van der Waals surface area (Å²) in [6, 6.07) is 7.39. The SMILES string of the molecule is C=CCN(CCC)C(=O)[C@@H]1[C@H]2C(=O)N(CCCCCO)C(C(=O)N(CC=C)c3ccc(N(CC)CC)cc3)C23S[C@@H]1CC3C. The first-order chi connectivity index (χ1) is 21.2. The molecule has 3 amide bonds. The van der Waals surface area contributed by atoms with Gasteiger partial charge in [0.15, 0.2) is 0 Å². The van der Waals surface area contributed by atoms with Crippen molar-refractivity contribution in [2.45, 2.75) is 75.8 Å². The van der Waals surface area contributed by atoms with Crippen molar-refractivity contribution in [1.29, 1.82) is 0 Å². The Morgan fingerprint density at radius 1 is 1.02 bits per heavy atom. The molecule has 3 unspecified atom stereocenters. The smallest absolute Gasteiger partial charge is 0.251 e. The standard InChI is InChI=1S/C35H52N4O4S/c1-7-19-37(20-8-2)32(41)29-28-24-25(6)35(44-28)30(29)33(42)39(22-13-12-14-23-40)31(35)34(43)38(21-9-3)27-17-15-26(16-18-27)36(10-4)11-5/h7,9,15-18,25,28-31,40H,1,3,8,10-14,19-24H2,2,4-6H3/t25?,28-,29+,30+,31?,35?/m1/s1. The molecule has 1 spiro atoms. The second kappa shape index (κ2) is 15.0. The Morgan fingerprint density at radius 3 is 2.27 bits per heavy atom. The number of hydrogen-bond donors (Lipinski definition) is 1. The molecule has 1 N–H and O–H groups in total. The number of nitrogens with zero attached hydrogens (tertiary/aromatic N) is 4. The largest absolute Gasteiger partial charge is 0.396 e. The first-order valence-corrected chi connectivity index (χ1v) is 17.4. The maximum Gasteiger partial charge on any atom is 0.251 e. The third-order valence-electron chi connectivity index (χ3n) is 9.84. The van der Waals surface area contributed by atoms with E-state index in [9.17, 15) is 19.5 Å². The predicted molar refractivity (Wildman–Crippen MR) is 181 cm³/mol. The van der Waals surface area contributed by atoms with E-state index in [1.54, 1.807) is 33.7 Å². The molecule has 1 aromatic rings. The first-order valence-electron chi connectivity index (χ1n) is 16.5. The van der Waals surface area contributed by atoms with Crippen molar-refractivity contribution in [3.8, 4) is 0 Å². The first kappa shape index (κ1) is 34.1. The molecule has 6 atom stereocenters. The zero-order valence-electron chi connectivity index (χ0n) is 27.1. The molecule has 3 heterocycles. The van der Waals surface area contributed by atoms with Gasteiger partial charge in [0.1, 0.15) is 6.04 Å². The minimum Gasteiger partial charge on any atom is -0.396 e. The summed E-state index contributed by atoms with van der Waals surface area (Å²) in [6.45, 7) is 20.0. The van der Waals surface area contributed by atoms with E-state index in [0.717, 1.165) is 43.7 Å². The Balaban J connectivity index is 1.75. The van der Waals surface area contributed by atoms with Crippen molar-refractivity contribution >= 4 is 40.9 Å². The van der Waals surface area contributed by atoms with Gasteiger partial charge in [0.25, 0.3) is 5.91 Å². The van der Waals surface area contributed by atoms with Crippen LogP contribution >= 0.6 is 11.8 Å². The Labute approximate surface area is 268 Å². The summed E-state index contributed by atoms with van der Waals surface area (Å²) in [5.74, 6) is -1.06. The highest BCUT2D eigenvalue weighted by atomic mass is 32.2. The lowest BCUT2D eigenvalue weighted by Gasteiger charge is -2.41. The minimum atomic E-state index is -0.682. The van der Waals surface area contributed by atoms with Crippen molar-refractivity contribution in [1.82, 2.24) is 9.80 Å². The van der Waals surface area contributed by atoms with Crippen LogP contribution < -0.4 is 9.80 Å². The molecule has 0 radical (unpaired) electrons. The summed E-state index contributed by atoms with van der Waals surface area (Å²) in [5, 5.41) is 9.38. The van der Waals surface area contributed by atoms with Crippen molar-refractivity contribution < 1.29 is 19.5 Å². The molecule has 1 aromatic carbocycles. The lowest BCUT2D eigenvalue weighted by Crippen LogP contribution is -2.57. The van der Waals surface area contributed by atoms with Crippen molar-refractivity contribution in [3.63, 3.8) is 0 Å². The van der Waals surface area contributed by atoms with E-state index in [4.69, 9.17) is 0 Å². The topological polar surface area (TPSA) is 84.4 Å². The van der Waals surface area contributed by atoms with E-state index in [-0.39, 0.29) is 35.5 Å². The van der Waals surface area contributed by atoms with Crippen molar-refractivity contribution in [3.05, 3.63) is 49.6 Å². The molecule has 2 bridgehead atoms. The Hall–Kier alpha value is -2.78. The van der Waals surface area contributed by atoms with Gasteiger partial charge in [-0.3, -0.25) is 14.4 Å². The molecular weight excluding hydrogens is 572 g/mol. The van der Waals surface area contributed by atoms with Gasteiger partial charge in [0.05, 0.1) is 16.6 Å². The highest BCUT2D eigenvalue weighted by Gasteiger charge is 2.76. The number of rotatable bonds is 17. The maximum atomic E-state index is 14.9. The fourth-order valence-corrected chi connectivity index (χ4v) is 10.3. The average molecular weight is 625 g/mol. The third kappa shape index (κ3) is 6.06. The van der Waals surface area contributed by atoms with Gasteiger partial charge in [0, 0.05) is 62.5 Å². The molecule has 3 saturated heterocycles. The van der Waals surface area contributed by atoms with Crippen LogP contribution in [0.2, 0.25) is 0 Å². The van der Waals surface area contributed by atoms with E-state index in [1.807, 2.05) is 17.0 Å². The highest BCUT2D eigenvalue weighted by Crippen LogP contribution is 2.69. The lowest BCUT2D eigenvalue weighted by molar-refractivity contribution is -0.144. The number of carbonyl (C=O) groups excluding carboxylic acids is 3. The average Bonchev–Trinajstić information content (AvgIpc) is 3.62. The molecule has 4 rings (SSSR count). The molecule has 0 aromatic heterocycles. The van der Waals surface area contributed by atoms with E-state index < -0.39 is 22.6 Å². The lowest BCUT2D eigenvalue weighted by atomic mass is 9.65. The fraction of sp³-hybridized carbons (Fsp3) is 0.629. The summed E-state index contributed by atoms with van der Waals surface area (Å²) >= 11 is 1.72. The van der Waals surface area contributed by atoms with E-state index in [2.05, 4.69) is 57.9 Å². The number of anilines is 2. The van der Waals surface area contributed by atoms with Crippen LogP contribution in [0.5, 0.6) is 0 Å². The fourth-order valence-electron chi connectivity index (χ4n) is 7.85. The van der Waals surface area contributed by atoms with Gasteiger partial charge in [0.2, 0.25) is 11.8 Å². The summed E-state index contributed by atoms with van der Waals surface area (Å²) in [7, 11) is 0. The molecule has 0 aliphatic carbocycles. The number of aliphatic hydroxyl groups excluding tert-OH is 1. The van der Waals surface area contributed by atoms with Gasteiger partial charge < -0.3 is 24.7 Å². The van der Waals surface area contributed by atoms with Gasteiger partial charge in [-0.2, -0.15) is 0 Å². The zero-order chi connectivity index (χ0) is 32.0. The normalized spacial score (nSPS) is 26.9. The number of benzene rings is 1. The molecule has 44 heavy (non-hydrogen) atoms. The quantitative estimate of drug-likeness (QED) is 0.195. The summed E-state index contributed by atoms with van der Waals surface area (Å²) in [4.78, 5) is 51.2. The number of aliphatic hydroxyl groups is 1. The zero-order valence-corrected chi connectivity index (χ0v) is 27.9. The number of fused-ring (bicyclic) bond motifs is 1. The van der Waals surface area contributed by atoms with Crippen LogP contribution in [0.25, 0.3) is 0 Å². The predicted octanol–water partition coefficient (Wildman–Crippen LogP) is 4.98. The maximum absolute atomic E-state index is 14.9. The molecular formula is C35H52N4O4S. The van der Waals surface area contributed by atoms with Crippen molar-refractivity contribution in [2.75, 3.05) is 55.7 Å². The number of unbranched alkanes of at least 4 members (excludes halogenated alkanes) is 2. The van der Waals surface area contributed by atoms with Crippen LogP contribution in [0.1, 0.15) is 59.8 Å². The third-order valence-corrected chi connectivity index (χ3v) is 11.9.